The number of allylic oxidation sites excluding steroid dienone is 1. The Bertz CT molecular complexity index is 1670. The molecule has 0 atom stereocenters. The Morgan fingerprint density at radius 3 is 2.30 bits per heavy atom. The van der Waals surface area contributed by atoms with Crippen molar-refractivity contribution in [1.29, 1.82) is 0 Å². The van der Waals surface area contributed by atoms with Crippen LogP contribution in [0.1, 0.15) is 23.6 Å². The van der Waals surface area contributed by atoms with E-state index in [1.807, 2.05) is 6.92 Å². The van der Waals surface area contributed by atoms with Crippen molar-refractivity contribution in [3.63, 3.8) is 0 Å². The minimum atomic E-state index is -4.77. The lowest BCUT2D eigenvalue weighted by molar-refractivity contribution is -0.138. The highest BCUT2D eigenvalue weighted by molar-refractivity contribution is 9.10. The molecule has 3 N–H and O–H groups in total. The number of hydrogen-bond acceptors (Lipinski definition) is 4. The number of nitrogens with one attached hydrogen (secondary N) is 1. The zero-order chi connectivity index (χ0) is 27.1. The number of benzene rings is 4. The molecule has 0 bridgehead atoms. The summed E-state index contributed by atoms with van der Waals surface area (Å²) in [7, 11) is -4.48. The van der Waals surface area contributed by atoms with Gasteiger partial charge in [-0.15, -0.1) is 0 Å². The number of sulfonamides is 1. The summed E-state index contributed by atoms with van der Waals surface area (Å²) in [6.07, 6.45) is -1.25. The fraction of sp³-hybridized carbons (Fsp3) is 0.111. The van der Waals surface area contributed by atoms with E-state index in [4.69, 9.17) is 0 Å². The lowest BCUT2D eigenvalue weighted by Gasteiger charge is -2.18. The summed E-state index contributed by atoms with van der Waals surface area (Å²) < 4.78 is 68.8. The quantitative estimate of drug-likeness (QED) is 0.206. The summed E-state index contributed by atoms with van der Waals surface area (Å²) in [4.78, 5) is -0.588. The van der Waals surface area contributed by atoms with E-state index < -0.39 is 26.7 Å². The van der Waals surface area contributed by atoms with Crippen LogP contribution in [-0.4, -0.2) is 18.6 Å². The first-order valence-electron chi connectivity index (χ1n) is 10.9. The molecule has 37 heavy (non-hydrogen) atoms. The van der Waals surface area contributed by atoms with Crippen LogP contribution in [0.2, 0.25) is 0 Å². The Morgan fingerprint density at radius 1 is 0.973 bits per heavy atom. The third kappa shape index (κ3) is 5.03. The first-order valence-corrected chi connectivity index (χ1v) is 13.2. The zero-order valence-corrected chi connectivity index (χ0v) is 22.0. The highest BCUT2D eigenvalue weighted by Crippen LogP contribution is 2.46. The second kappa shape index (κ2) is 9.75. The molecule has 0 heterocycles. The predicted octanol–water partition coefficient (Wildman–Crippen LogP) is 7.84. The van der Waals surface area contributed by atoms with Gasteiger partial charge >= 0.3 is 6.18 Å². The molecule has 0 aliphatic carbocycles. The van der Waals surface area contributed by atoms with Gasteiger partial charge in [-0.05, 0) is 55.3 Å². The number of phenols is 2. The van der Waals surface area contributed by atoms with Crippen molar-refractivity contribution >= 4 is 48.5 Å². The number of fused-ring (bicyclic) bond motifs is 1. The molecule has 0 unspecified atom stereocenters. The SMILES string of the molecule is C/C=C\c1c(C)ccc(O)c1-c1cc(NS(=O)(=O)c2ccc(Br)c(C(F)(F)F)c2)c2ccccc2c1O. The molecule has 4 aromatic rings. The zero-order valence-electron chi connectivity index (χ0n) is 19.6. The van der Waals surface area contributed by atoms with E-state index in [1.165, 1.54) is 12.1 Å². The van der Waals surface area contributed by atoms with Crippen molar-refractivity contribution in [2.24, 2.45) is 0 Å². The Balaban J connectivity index is 1.96. The van der Waals surface area contributed by atoms with E-state index in [2.05, 4.69) is 20.7 Å². The van der Waals surface area contributed by atoms with Gasteiger partial charge in [-0.3, -0.25) is 4.72 Å². The summed E-state index contributed by atoms with van der Waals surface area (Å²) in [6.45, 7) is 3.62. The third-order valence-electron chi connectivity index (χ3n) is 5.86. The van der Waals surface area contributed by atoms with E-state index in [0.29, 0.717) is 17.0 Å². The molecular formula is C27H21BrF3NO4S. The Hall–Kier alpha value is -3.50. The maximum absolute atomic E-state index is 13.4. The average Bonchev–Trinajstić information content (AvgIpc) is 2.83. The molecule has 0 saturated heterocycles. The van der Waals surface area contributed by atoms with Gasteiger partial charge in [0.25, 0.3) is 10.0 Å². The summed E-state index contributed by atoms with van der Waals surface area (Å²) in [6, 6.07) is 13.6. The van der Waals surface area contributed by atoms with E-state index >= 15 is 0 Å². The van der Waals surface area contributed by atoms with E-state index in [0.717, 1.165) is 17.7 Å². The van der Waals surface area contributed by atoms with E-state index in [1.54, 1.807) is 49.4 Å². The van der Waals surface area contributed by atoms with Crippen molar-refractivity contribution in [3.8, 4) is 22.6 Å². The fourth-order valence-corrected chi connectivity index (χ4v) is 5.67. The number of phenolic OH excluding ortho intramolecular Hbond substituents is 2. The van der Waals surface area contributed by atoms with Gasteiger partial charge in [-0.2, -0.15) is 13.2 Å². The van der Waals surface area contributed by atoms with Crippen LogP contribution in [0.4, 0.5) is 18.9 Å². The maximum atomic E-state index is 13.4. The first kappa shape index (κ1) is 26.6. The number of aromatic hydroxyl groups is 2. The summed E-state index contributed by atoms with van der Waals surface area (Å²) >= 11 is 2.82. The fourth-order valence-electron chi connectivity index (χ4n) is 4.10. The van der Waals surface area contributed by atoms with Gasteiger partial charge in [0, 0.05) is 26.4 Å². The van der Waals surface area contributed by atoms with Crippen LogP contribution in [0.25, 0.3) is 28.0 Å². The van der Waals surface area contributed by atoms with Crippen LogP contribution < -0.4 is 4.72 Å². The van der Waals surface area contributed by atoms with Crippen LogP contribution >= 0.6 is 15.9 Å². The lowest BCUT2D eigenvalue weighted by atomic mass is 9.91. The van der Waals surface area contributed by atoms with Crippen LogP contribution in [0.3, 0.4) is 0 Å². The summed E-state index contributed by atoms with van der Waals surface area (Å²) in [5.41, 5.74) is 0.738. The van der Waals surface area contributed by atoms with Crippen LogP contribution in [0.5, 0.6) is 11.5 Å². The van der Waals surface area contributed by atoms with Gasteiger partial charge < -0.3 is 10.2 Å². The number of alkyl halides is 3. The molecular weight excluding hydrogens is 571 g/mol. The molecule has 10 heteroatoms. The predicted molar refractivity (Wildman–Crippen MR) is 142 cm³/mol. The van der Waals surface area contributed by atoms with Crippen LogP contribution in [0.15, 0.2) is 76.1 Å². The third-order valence-corrected chi connectivity index (χ3v) is 7.91. The van der Waals surface area contributed by atoms with Crippen molar-refractivity contribution in [2.75, 3.05) is 4.72 Å². The number of aryl methyl sites for hydroxylation is 1. The average molecular weight is 592 g/mol. The van der Waals surface area contributed by atoms with Gasteiger partial charge in [-0.1, -0.05) is 58.4 Å². The molecule has 4 rings (SSSR count). The molecule has 5 nitrogen and oxygen atoms in total. The molecule has 0 aliphatic rings. The van der Waals surface area contributed by atoms with Crippen molar-refractivity contribution in [2.45, 2.75) is 24.9 Å². The van der Waals surface area contributed by atoms with Crippen LogP contribution in [0, 0.1) is 6.92 Å². The Labute approximate surface area is 220 Å². The maximum Gasteiger partial charge on any atom is 0.417 e. The van der Waals surface area contributed by atoms with Gasteiger partial charge in [0.05, 0.1) is 16.1 Å². The lowest BCUT2D eigenvalue weighted by Crippen LogP contribution is -2.15. The molecule has 0 aromatic heterocycles. The standard InChI is InChI=1S/C27H21BrF3NO4S/c1-3-6-17-15(2)9-12-24(33)25(17)20-14-23(18-7-4-5-8-19(18)26(20)34)32-37(35,36)16-10-11-22(28)21(13-16)27(29,30)31/h3-14,32-34H,1-2H3/b6-3-. The number of halogens is 4. The monoisotopic (exact) mass is 591 g/mol. The van der Waals surface area contributed by atoms with Gasteiger partial charge in [-0.25, -0.2) is 8.42 Å². The minimum absolute atomic E-state index is 0.0206. The number of anilines is 1. The number of hydrogen-bond donors (Lipinski definition) is 3. The molecule has 192 valence electrons. The minimum Gasteiger partial charge on any atom is -0.507 e. The first-order chi connectivity index (χ1) is 17.3. The Kier molecular flexibility index (Phi) is 7.00. The largest absolute Gasteiger partial charge is 0.507 e. The number of rotatable bonds is 5. The van der Waals surface area contributed by atoms with Crippen molar-refractivity contribution in [1.82, 2.24) is 0 Å². The highest BCUT2D eigenvalue weighted by Gasteiger charge is 2.34. The summed E-state index contributed by atoms with van der Waals surface area (Å²) in [5.74, 6) is -0.325. The smallest absolute Gasteiger partial charge is 0.417 e. The molecule has 0 amide bonds. The van der Waals surface area contributed by atoms with E-state index in [9.17, 15) is 31.8 Å². The Morgan fingerprint density at radius 2 is 1.65 bits per heavy atom. The normalized spacial score (nSPS) is 12.4. The topological polar surface area (TPSA) is 86.6 Å². The highest BCUT2D eigenvalue weighted by atomic mass is 79.9. The van der Waals surface area contributed by atoms with Crippen LogP contribution in [-0.2, 0) is 16.2 Å². The second-order valence-corrected chi connectivity index (χ2v) is 10.8. The molecule has 0 fully saturated rings. The molecule has 0 radical (unpaired) electrons. The molecule has 4 aromatic carbocycles. The van der Waals surface area contributed by atoms with Gasteiger partial charge in [0.2, 0.25) is 0 Å². The van der Waals surface area contributed by atoms with Gasteiger partial charge in [0.15, 0.2) is 0 Å². The molecule has 0 spiro atoms. The van der Waals surface area contributed by atoms with Gasteiger partial charge in [0.1, 0.15) is 11.5 Å². The van der Waals surface area contributed by atoms with E-state index in [-0.39, 0.29) is 38.2 Å². The molecule has 0 saturated carbocycles. The second-order valence-electron chi connectivity index (χ2n) is 8.30. The summed E-state index contributed by atoms with van der Waals surface area (Å²) in [5, 5.41) is 22.5. The molecule has 0 aliphatic heterocycles. The van der Waals surface area contributed by atoms with Crippen molar-refractivity contribution < 1.29 is 31.8 Å². The van der Waals surface area contributed by atoms with Crippen molar-refractivity contribution in [3.05, 3.63) is 87.9 Å².